The van der Waals surface area contributed by atoms with Crippen LogP contribution in [0, 0.1) is 5.92 Å². The minimum atomic E-state index is -1.16. The van der Waals surface area contributed by atoms with Gasteiger partial charge >= 0.3 is 5.97 Å². The molecule has 24 heavy (non-hydrogen) atoms. The van der Waals surface area contributed by atoms with Crippen LogP contribution in [0.25, 0.3) is 0 Å². The molecule has 0 saturated carbocycles. The van der Waals surface area contributed by atoms with Gasteiger partial charge in [-0.1, -0.05) is 20.3 Å². The molecule has 1 aliphatic heterocycles. The van der Waals surface area contributed by atoms with Gasteiger partial charge in [-0.05, 0) is 25.3 Å². The maximum Gasteiger partial charge on any atom is 0.322 e. The first-order chi connectivity index (χ1) is 11.3. The number of amides is 3. The van der Waals surface area contributed by atoms with Crippen molar-refractivity contribution < 1.29 is 24.3 Å². The first kappa shape index (κ1) is 19.9. The summed E-state index contributed by atoms with van der Waals surface area (Å²) >= 11 is 0. The highest BCUT2D eigenvalue weighted by molar-refractivity contribution is 5.92. The Kier molecular flexibility index (Phi) is 8.17. The molecular weight excluding hydrogens is 316 g/mol. The normalized spacial score (nSPS) is 19.2. The van der Waals surface area contributed by atoms with Crippen LogP contribution in [0.5, 0.6) is 0 Å². The van der Waals surface area contributed by atoms with Crippen molar-refractivity contribution in [3.05, 3.63) is 0 Å². The summed E-state index contributed by atoms with van der Waals surface area (Å²) < 4.78 is 0. The van der Waals surface area contributed by atoms with Gasteiger partial charge in [-0.15, -0.1) is 0 Å². The lowest BCUT2D eigenvalue weighted by Gasteiger charge is -2.23. The third-order valence-corrected chi connectivity index (χ3v) is 4.03. The zero-order chi connectivity index (χ0) is 18.1. The second kappa shape index (κ2) is 9.86. The van der Waals surface area contributed by atoms with Crippen LogP contribution in [0.4, 0.5) is 0 Å². The van der Waals surface area contributed by atoms with Gasteiger partial charge in [0.05, 0.1) is 12.6 Å². The summed E-state index contributed by atoms with van der Waals surface area (Å²) in [5, 5.41) is 19.0. The predicted molar refractivity (Wildman–Crippen MR) is 86.1 cm³/mol. The minimum absolute atomic E-state index is 0.171. The van der Waals surface area contributed by atoms with Crippen molar-refractivity contribution in [1.82, 2.24) is 21.3 Å². The highest BCUT2D eigenvalue weighted by Gasteiger charge is 2.27. The molecule has 0 radical (unpaired) electrons. The van der Waals surface area contributed by atoms with E-state index in [1.807, 2.05) is 6.92 Å². The number of carbonyl (C=O) groups excluding carboxylic acids is 3. The van der Waals surface area contributed by atoms with E-state index >= 15 is 0 Å². The summed E-state index contributed by atoms with van der Waals surface area (Å²) in [5.41, 5.74) is 0. The second-order valence-electron chi connectivity index (χ2n) is 5.91. The molecule has 0 bridgehead atoms. The number of carboxylic acid groups (broad SMARTS) is 1. The SMILES string of the molecule is CC[C@H](C)[C@H](NC(=O)CNC(=O)[C@@H]1CCCN1)C(=O)NCC(=O)O. The maximum absolute atomic E-state index is 12.0. The largest absolute Gasteiger partial charge is 0.480 e. The first-order valence-corrected chi connectivity index (χ1v) is 8.15. The highest BCUT2D eigenvalue weighted by atomic mass is 16.4. The van der Waals surface area contributed by atoms with Gasteiger partial charge < -0.3 is 26.4 Å². The van der Waals surface area contributed by atoms with Gasteiger partial charge in [0, 0.05) is 0 Å². The van der Waals surface area contributed by atoms with E-state index in [-0.39, 0.29) is 24.4 Å². The topological polar surface area (TPSA) is 137 Å². The number of nitrogens with one attached hydrogen (secondary N) is 4. The van der Waals surface area contributed by atoms with Crippen LogP contribution in [0.3, 0.4) is 0 Å². The quantitative estimate of drug-likeness (QED) is 0.349. The van der Waals surface area contributed by atoms with Crippen LogP contribution in [-0.4, -0.2) is 60.5 Å². The Morgan fingerprint density at radius 1 is 1.21 bits per heavy atom. The van der Waals surface area contributed by atoms with Crippen LogP contribution in [-0.2, 0) is 19.2 Å². The highest BCUT2D eigenvalue weighted by Crippen LogP contribution is 2.08. The zero-order valence-electron chi connectivity index (χ0n) is 14.1. The summed E-state index contributed by atoms with van der Waals surface area (Å²) in [6.07, 6.45) is 2.29. The molecule has 0 unspecified atom stereocenters. The number of hydrogen-bond acceptors (Lipinski definition) is 5. The van der Waals surface area contributed by atoms with Gasteiger partial charge in [-0.25, -0.2) is 0 Å². The molecule has 0 spiro atoms. The van der Waals surface area contributed by atoms with Crippen LogP contribution in [0.15, 0.2) is 0 Å². The van der Waals surface area contributed by atoms with Gasteiger partial charge in [0.15, 0.2) is 0 Å². The van der Waals surface area contributed by atoms with Crippen molar-refractivity contribution in [2.45, 2.75) is 45.2 Å². The third-order valence-electron chi connectivity index (χ3n) is 4.03. The molecule has 1 rings (SSSR count). The lowest BCUT2D eigenvalue weighted by atomic mass is 9.98. The van der Waals surface area contributed by atoms with Gasteiger partial charge in [-0.3, -0.25) is 19.2 Å². The Balaban J connectivity index is 2.49. The van der Waals surface area contributed by atoms with Crippen molar-refractivity contribution in [3.63, 3.8) is 0 Å². The van der Waals surface area contributed by atoms with Crippen LogP contribution in [0.2, 0.25) is 0 Å². The Bertz CT molecular complexity index is 476. The summed E-state index contributed by atoms with van der Waals surface area (Å²) in [5.74, 6) is -2.61. The molecule has 9 heteroatoms. The van der Waals surface area contributed by atoms with Crippen LogP contribution in [0.1, 0.15) is 33.1 Å². The number of aliphatic carboxylic acids is 1. The fourth-order valence-electron chi connectivity index (χ4n) is 2.40. The average molecular weight is 342 g/mol. The third kappa shape index (κ3) is 6.53. The van der Waals surface area contributed by atoms with Crippen molar-refractivity contribution >= 4 is 23.7 Å². The summed E-state index contributed by atoms with van der Waals surface area (Å²) in [4.78, 5) is 46.4. The number of carboxylic acids is 1. The number of hydrogen-bond donors (Lipinski definition) is 5. The molecule has 1 fully saturated rings. The Morgan fingerprint density at radius 2 is 1.92 bits per heavy atom. The van der Waals surface area contributed by atoms with E-state index in [1.54, 1.807) is 6.92 Å². The molecule has 0 aliphatic carbocycles. The Morgan fingerprint density at radius 3 is 2.46 bits per heavy atom. The van der Waals surface area contributed by atoms with Crippen LogP contribution < -0.4 is 21.3 Å². The van der Waals surface area contributed by atoms with Crippen molar-refractivity contribution in [3.8, 4) is 0 Å². The minimum Gasteiger partial charge on any atom is -0.480 e. The first-order valence-electron chi connectivity index (χ1n) is 8.15. The molecule has 0 aromatic heterocycles. The van der Waals surface area contributed by atoms with E-state index in [0.717, 1.165) is 19.4 Å². The Labute approximate surface area is 140 Å². The molecule has 0 aromatic rings. The van der Waals surface area contributed by atoms with Gasteiger partial charge in [-0.2, -0.15) is 0 Å². The van der Waals surface area contributed by atoms with E-state index in [2.05, 4.69) is 21.3 Å². The van der Waals surface area contributed by atoms with Gasteiger partial charge in [0.1, 0.15) is 12.6 Å². The lowest BCUT2D eigenvalue weighted by Crippen LogP contribution is -2.53. The fraction of sp³-hybridized carbons (Fsp3) is 0.733. The van der Waals surface area contributed by atoms with Crippen molar-refractivity contribution in [2.24, 2.45) is 5.92 Å². The average Bonchev–Trinajstić information content (AvgIpc) is 3.09. The van der Waals surface area contributed by atoms with E-state index in [0.29, 0.717) is 6.42 Å². The standard InChI is InChI=1S/C15H26N4O5/c1-3-9(2)13(15(24)18-8-12(21)22)19-11(20)7-17-14(23)10-5-4-6-16-10/h9-10,13,16H,3-8H2,1-2H3,(H,17,23)(H,18,24)(H,19,20)(H,21,22)/t9-,10-,13-/m0/s1. The van der Waals surface area contributed by atoms with E-state index in [9.17, 15) is 19.2 Å². The number of carbonyl (C=O) groups is 4. The second-order valence-corrected chi connectivity index (χ2v) is 5.91. The summed E-state index contributed by atoms with van der Waals surface area (Å²) in [6, 6.07) is -1.12. The maximum atomic E-state index is 12.0. The zero-order valence-corrected chi connectivity index (χ0v) is 14.1. The molecule has 136 valence electrons. The van der Waals surface area contributed by atoms with Gasteiger partial charge in [0.2, 0.25) is 17.7 Å². The smallest absolute Gasteiger partial charge is 0.322 e. The Hall–Kier alpha value is -2.16. The monoisotopic (exact) mass is 342 g/mol. The van der Waals surface area contributed by atoms with Crippen molar-refractivity contribution in [1.29, 1.82) is 0 Å². The molecule has 5 N–H and O–H groups in total. The molecule has 1 saturated heterocycles. The molecule has 1 heterocycles. The van der Waals surface area contributed by atoms with Gasteiger partial charge in [0.25, 0.3) is 0 Å². The summed E-state index contributed by atoms with van der Waals surface area (Å²) in [6.45, 7) is 3.69. The fourth-order valence-corrected chi connectivity index (χ4v) is 2.40. The number of rotatable bonds is 9. The van der Waals surface area contributed by atoms with E-state index in [1.165, 1.54) is 0 Å². The predicted octanol–water partition coefficient (Wildman–Crippen LogP) is -1.41. The van der Waals surface area contributed by atoms with E-state index < -0.39 is 30.4 Å². The molecule has 0 aromatic carbocycles. The molecule has 1 aliphatic rings. The summed E-state index contributed by atoms with van der Waals surface area (Å²) in [7, 11) is 0. The molecular formula is C15H26N4O5. The molecule has 3 amide bonds. The molecule has 9 nitrogen and oxygen atoms in total. The molecule has 3 atom stereocenters. The van der Waals surface area contributed by atoms with E-state index in [4.69, 9.17) is 5.11 Å². The van der Waals surface area contributed by atoms with Crippen molar-refractivity contribution in [2.75, 3.05) is 19.6 Å². The lowest BCUT2D eigenvalue weighted by molar-refractivity contribution is -0.138. The van der Waals surface area contributed by atoms with Crippen LogP contribution >= 0.6 is 0 Å².